The van der Waals surface area contributed by atoms with Crippen LogP contribution < -0.4 is 5.32 Å². The van der Waals surface area contributed by atoms with E-state index in [0.717, 1.165) is 0 Å². The molecule has 0 aliphatic heterocycles. The van der Waals surface area contributed by atoms with Gasteiger partial charge in [0.05, 0.1) is 11.1 Å². The summed E-state index contributed by atoms with van der Waals surface area (Å²) < 4.78 is 0. The van der Waals surface area contributed by atoms with Crippen molar-refractivity contribution in [3.63, 3.8) is 0 Å². The van der Waals surface area contributed by atoms with Gasteiger partial charge in [0.1, 0.15) is 0 Å². The highest BCUT2D eigenvalue weighted by Crippen LogP contribution is 1.92. The molecule has 0 saturated heterocycles. The van der Waals surface area contributed by atoms with Gasteiger partial charge in [0.2, 0.25) is 0 Å². The summed E-state index contributed by atoms with van der Waals surface area (Å²) in [6.07, 6.45) is 0. The molecule has 0 amide bonds. The fourth-order valence-electron chi connectivity index (χ4n) is 0.352. The first-order valence-corrected chi connectivity index (χ1v) is 3.13. The highest BCUT2D eigenvalue weighted by Gasteiger charge is 2.04. The van der Waals surface area contributed by atoms with Crippen molar-refractivity contribution in [2.45, 2.75) is 19.9 Å². The molecule has 2 nitrogen and oxygen atoms in total. The molecule has 0 radical (unpaired) electrons. The summed E-state index contributed by atoms with van der Waals surface area (Å²) in [7, 11) is 0. The van der Waals surface area contributed by atoms with E-state index in [0.29, 0.717) is 5.03 Å². The molecule has 0 heterocycles. The Hall–Kier alpha value is -0.440. The van der Waals surface area contributed by atoms with Crippen LogP contribution in [0.4, 0.5) is 0 Å². The van der Waals surface area contributed by atoms with Gasteiger partial charge >= 0.3 is 0 Å². The minimum absolute atomic E-state index is 0.0881. The molecule has 0 aliphatic carbocycles. The van der Waals surface area contributed by atoms with E-state index in [9.17, 15) is 4.79 Å². The number of hydrogen-bond acceptors (Lipinski definition) is 3. The van der Waals surface area contributed by atoms with E-state index in [1.165, 1.54) is 6.92 Å². The minimum Gasteiger partial charge on any atom is -0.371 e. The molecular weight excluding hydrogens is 134 g/mol. The quantitative estimate of drug-likeness (QED) is 0.579. The summed E-state index contributed by atoms with van der Waals surface area (Å²) in [6, 6.07) is -0.171. The molecule has 3 heteroatoms. The Morgan fingerprint density at radius 3 is 2.33 bits per heavy atom. The number of thiol groups is 1. The summed E-state index contributed by atoms with van der Waals surface area (Å²) >= 11 is 3.87. The van der Waals surface area contributed by atoms with Gasteiger partial charge in [-0.1, -0.05) is 6.58 Å². The second-order valence-electron chi connectivity index (χ2n) is 1.92. The fourth-order valence-corrected chi connectivity index (χ4v) is 0.545. The van der Waals surface area contributed by atoms with E-state index in [2.05, 4.69) is 24.5 Å². The molecule has 0 saturated carbocycles. The maximum Gasteiger partial charge on any atom is 0.151 e. The summed E-state index contributed by atoms with van der Waals surface area (Å²) in [4.78, 5) is 10.5. The molecule has 0 rings (SSSR count). The lowest BCUT2D eigenvalue weighted by Crippen LogP contribution is -2.29. The van der Waals surface area contributed by atoms with Crippen LogP contribution in [0, 0.1) is 0 Å². The second kappa shape index (κ2) is 3.56. The third-order valence-electron chi connectivity index (χ3n) is 0.993. The Balaban J connectivity index is 3.63. The number of rotatable bonds is 3. The Morgan fingerprint density at radius 2 is 2.22 bits per heavy atom. The van der Waals surface area contributed by atoms with Crippen molar-refractivity contribution in [2.75, 3.05) is 0 Å². The van der Waals surface area contributed by atoms with E-state index in [4.69, 9.17) is 0 Å². The molecule has 0 aromatic carbocycles. The van der Waals surface area contributed by atoms with Gasteiger partial charge in [-0.2, -0.15) is 0 Å². The number of ketones is 1. The van der Waals surface area contributed by atoms with Gasteiger partial charge < -0.3 is 5.32 Å². The van der Waals surface area contributed by atoms with Gasteiger partial charge in [0, 0.05) is 0 Å². The number of carbonyl (C=O) groups is 1. The molecular formula is C6H11NOS. The molecule has 0 aromatic heterocycles. The zero-order valence-corrected chi connectivity index (χ0v) is 6.53. The zero-order valence-electron chi connectivity index (χ0n) is 5.64. The fraction of sp³-hybridized carbons (Fsp3) is 0.500. The Bertz CT molecular complexity index is 133. The first-order valence-electron chi connectivity index (χ1n) is 2.69. The van der Waals surface area contributed by atoms with Gasteiger partial charge in [-0.25, -0.2) is 0 Å². The summed E-state index contributed by atoms with van der Waals surface area (Å²) in [5.74, 6) is 0.0881. The molecule has 1 unspecified atom stereocenters. The Morgan fingerprint density at radius 1 is 1.78 bits per heavy atom. The summed E-state index contributed by atoms with van der Waals surface area (Å²) in [5, 5.41) is 3.29. The molecule has 0 aromatic rings. The van der Waals surface area contributed by atoms with E-state index in [1.807, 2.05) is 0 Å². The van der Waals surface area contributed by atoms with Gasteiger partial charge in [0.25, 0.3) is 0 Å². The van der Waals surface area contributed by atoms with Crippen molar-refractivity contribution in [1.29, 1.82) is 0 Å². The van der Waals surface area contributed by atoms with Gasteiger partial charge in [-0.15, -0.1) is 12.6 Å². The normalized spacial score (nSPS) is 12.3. The maximum atomic E-state index is 10.5. The minimum atomic E-state index is -0.171. The smallest absolute Gasteiger partial charge is 0.151 e. The van der Waals surface area contributed by atoms with Crippen LogP contribution in [0.25, 0.3) is 0 Å². The lowest BCUT2D eigenvalue weighted by Gasteiger charge is -2.09. The van der Waals surface area contributed by atoms with Crippen LogP contribution >= 0.6 is 12.6 Å². The van der Waals surface area contributed by atoms with Crippen molar-refractivity contribution in [3.05, 3.63) is 11.6 Å². The van der Waals surface area contributed by atoms with Crippen LogP contribution in [0.2, 0.25) is 0 Å². The molecule has 0 bridgehead atoms. The molecule has 1 N–H and O–H groups in total. The lowest BCUT2D eigenvalue weighted by molar-refractivity contribution is -0.118. The number of carbonyl (C=O) groups excluding carboxylic acids is 1. The highest BCUT2D eigenvalue weighted by atomic mass is 32.1. The van der Waals surface area contributed by atoms with Crippen LogP contribution in [0.3, 0.4) is 0 Å². The van der Waals surface area contributed by atoms with Gasteiger partial charge in [0.15, 0.2) is 5.78 Å². The van der Waals surface area contributed by atoms with Gasteiger partial charge in [-0.05, 0) is 13.8 Å². The number of Topliss-reactive ketones (excluding diaryl/α,β-unsaturated/α-hetero) is 1. The van der Waals surface area contributed by atoms with E-state index in [1.54, 1.807) is 6.92 Å². The van der Waals surface area contributed by atoms with Crippen molar-refractivity contribution >= 4 is 18.4 Å². The number of hydrogen-bond donors (Lipinski definition) is 2. The van der Waals surface area contributed by atoms with Crippen LogP contribution in [0.15, 0.2) is 11.6 Å². The van der Waals surface area contributed by atoms with Gasteiger partial charge in [-0.3, -0.25) is 4.79 Å². The molecule has 0 fully saturated rings. The Labute approximate surface area is 60.7 Å². The van der Waals surface area contributed by atoms with Crippen molar-refractivity contribution < 1.29 is 4.79 Å². The average Bonchev–Trinajstić information content (AvgIpc) is 1.63. The van der Waals surface area contributed by atoms with E-state index < -0.39 is 0 Å². The third kappa shape index (κ3) is 4.09. The first kappa shape index (κ1) is 8.56. The van der Waals surface area contributed by atoms with Crippen molar-refractivity contribution in [1.82, 2.24) is 5.32 Å². The summed E-state index contributed by atoms with van der Waals surface area (Å²) in [5.41, 5.74) is 0. The zero-order chi connectivity index (χ0) is 7.44. The van der Waals surface area contributed by atoms with Crippen LogP contribution in [-0.2, 0) is 4.79 Å². The molecule has 1 atom stereocenters. The van der Waals surface area contributed by atoms with E-state index in [-0.39, 0.29) is 11.8 Å². The SMILES string of the molecule is C=C(S)NC(C)C(C)=O. The second-order valence-corrected chi connectivity index (χ2v) is 2.46. The Kier molecular flexibility index (Phi) is 3.39. The van der Waals surface area contributed by atoms with Crippen LogP contribution in [0.5, 0.6) is 0 Å². The highest BCUT2D eigenvalue weighted by molar-refractivity contribution is 7.84. The topological polar surface area (TPSA) is 29.1 Å². The molecule has 0 spiro atoms. The molecule has 52 valence electrons. The third-order valence-corrected chi connectivity index (χ3v) is 1.12. The van der Waals surface area contributed by atoms with Crippen molar-refractivity contribution in [3.8, 4) is 0 Å². The first-order chi connectivity index (χ1) is 4.04. The lowest BCUT2D eigenvalue weighted by atomic mass is 10.2. The largest absolute Gasteiger partial charge is 0.371 e. The predicted octanol–water partition coefficient (Wildman–Crippen LogP) is 0.954. The maximum absolute atomic E-state index is 10.5. The molecule has 0 aliphatic rings. The standard InChI is InChI=1S/C6H11NOS/c1-4(5(2)8)7-6(3)9/h4,7,9H,3H2,1-2H3. The van der Waals surface area contributed by atoms with E-state index >= 15 is 0 Å². The average molecular weight is 145 g/mol. The van der Waals surface area contributed by atoms with Crippen LogP contribution in [-0.4, -0.2) is 11.8 Å². The number of nitrogens with one attached hydrogen (secondary N) is 1. The van der Waals surface area contributed by atoms with Crippen LogP contribution in [0.1, 0.15) is 13.8 Å². The van der Waals surface area contributed by atoms with Crippen molar-refractivity contribution in [2.24, 2.45) is 0 Å². The molecule has 9 heavy (non-hydrogen) atoms. The predicted molar refractivity (Wildman–Crippen MR) is 41.4 cm³/mol. The monoisotopic (exact) mass is 145 g/mol. The summed E-state index contributed by atoms with van der Waals surface area (Å²) in [6.45, 7) is 6.77.